The first-order chi connectivity index (χ1) is 8.52. The molecule has 2 amide bonds. The Morgan fingerprint density at radius 1 is 1.28 bits per heavy atom. The van der Waals surface area contributed by atoms with Gasteiger partial charge in [-0.2, -0.15) is 0 Å². The van der Waals surface area contributed by atoms with E-state index in [0.717, 1.165) is 32.1 Å². The van der Waals surface area contributed by atoms with Crippen LogP contribution in [0.2, 0.25) is 0 Å². The molecule has 0 aromatic heterocycles. The quantitative estimate of drug-likeness (QED) is 0.645. The lowest BCUT2D eigenvalue weighted by molar-refractivity contribution is -0.123. The predicted molar refractivity (Wildman–Crippen MR) is 70.5 cm³/mol. The van der Waals surface area contributed by atoms with E-state index >= 15 is 0 Å². The molecule has 0 heterocycles. The summed E-state index contributed by atoms with van der Waals surface area (Å²) in [5.41, 5.74) is 10.8. The first kappa shape index (κ1) is 15.0. The molecule has 1 saturated carbocycles. The van der Waals surface area contributed by atoms with Crippen LogP contribution in [0.4, 0.5) is 0 Å². The number of nitrogens with one attached hydrogen (secondary N) is 1. The van der Waals surface area contributed by atoms with Crippen LogP contribution in [-0.4, -0.2) is 24.4 Å². The first-order valence-corrected chi connectivity index (χ1v) is 6.81. The van der Waals surface area contributed by atoms with Crippen LogP contribution < -0.4 is 16.8 Å². The zero-order chi connectivity index (χ0) is 13.5. The minimum atomic E-state index is -0.212. The highest BCUT2D eigenvalue weighted by Crippen LogP contribution is 2.24. The minimum absolute atomic E-state index is 0.00425. The SMILES string of the molecule is CC(CN)CCC(=O)NC1CCC(C(N)=O)CC1. The molecule has 5 nitrogen and oxygen atoms in total. The summed E-state index contributed by atoms with van der Waals surface area (Å²) in [6.45, 7) is 2.67. The number of hydrogen-bond acceptors (Lipinski definition) is 3. The standard InChI is InChI=1S/C13H25N3O2/c1-9(8-14)2-7-12(17)16-11-5-3-10(4-6-11)13(15)18/h9-11H,2-8,14H2,1H3,(H2,15,18)(H,16,17). The van der Waals surface area contributed by atoms with Crippen LogP contribution in [0.5, 0.6) is 0 Å². The molecule has 5 N–H and O–H groups in total. The summed E-state index contributed by atoms with van der Waals surface area (Å²) in [6, 6.07) is 0.210. The summed E-state index contributed by atoms with van der Waals surface area (Å²) in [5, 5.41) is 3.03. The van der Waals surface area contributed by atoms with E-state index in [1.165, 1.54) is 0 Å². The van der Waals surface area contributed by atoms with Crippen LogP contribution in [0.3, 0.4) is 0 Å². The molecule has 104 valence electrons. The van der Waals surface area contributed by atoms with Gasteiger partial charge >= 0.3 is 0 Å². The summed E-state index contributed by atoms with van der Waals surface area (Å²) in [6.07, 6.45) is 4.66. The Morgan fingerprint density at radius 3 is 2.39 bits per heavy atom. The summed E-state index contributed by atoms with van der Waals surface area (Å²) in [4.78, 5) is 22.7. The highest BCUT2D eigenvalue weighted by molar-refractivity contribution is 5.77. The zero-order valence-electron chi connectivity index (χ0n) is 11.2. The van der Waals surface area contributed by atoms with Gasteiger partial charge in [0.2, 0.25) is 11.8 Å². The van der Waals surface area contributed by atoms with Gasteiger partial charge in [-0.25, -0.2) is 0 Å². The third-order valence-electron chi connectivity index (χ3n) is 3.76. The molecular formula is C13H25N3O2. The van der Waals surface area contributed by atoms with Gasteiger partial charge in [-0.3, -0.25) is 9.59 Å². The lowest BCUT2D eigenvalue weighted by atomic mass is 9.85. The van der Waals surface area contributed by atoms with Gasteiger partial charge in [0.05, 0.1) is 0 Å². The molecule has 5 heteroatoms. The van der Waals surface area contributed by atoms with Crippen LogP contribution in [0.1, 0.15) is 45.4 Å². The van der Waals surface area contributed by atoms with Gasteiger partial charge in [-0.1, -0.05) is 6.92 Å². The maximum absolute atomic E-state index is 11.7. The molecule has 0 spiro atoms. The monoisotopic (exact) mass is 255 g/mol. The van der Waals surface area contributed by atoms with Crippen molar-refractivity contribution in [1.29, 1.82) is 0 Å². The van der Waals surface area contributed by atoms with Crippen molar-refractivity contribution < 1.29 is 9.59 Å². The highest BCUT2D eigenvalue weighted by atomic mass is 16.2. The Kier molecular flexibility index (Phi) is 6.12. The molecule has 0 aliphatic heterocycles. The molecule has 0 bridgehead atoms. The van der Waals surface area contributed by atoms with Gasteiger partial charge in [0, 0.05) is 18.4 Å². The Bertz CT molecular complexity index is 286. The molecule has 18 heavy (non-hydrogen) atoms. The lowest BCUT2D eigenvalue weighted by Gasteiger charge is -2.27. The molecule has 1 atom stereocenters. The fraction of sp³-hybridized carbons (Fsp3) is 0.846. The fourth-order valence-electron chi connectivity index (χ4n) is 2.32. The van der Waals surface area contributed by atoms with E-state index in [2.05, 4.69) is 5.32 Å². The summed E-state index contributed by atoms with van der Waals surface area (Å²) in [7, 11) is 0. The molecular weight excluding hydrogens is 230 g/mol. The van der Waals surface area contributed by atoms with Gasteiger partial charge < -0.3 is 16.8 Å². The van der Waals surface area contributed by atoms with Crippen molar-refractivity contribution >= 4 is 11.8 Å². The van der Waals surface area contributed by atoms with E-state index in [1.807, 2.05) is 6.92 Å². The average Bonchev–Trinajstić information content (AvgIpc) is 2.36. The largest absolute Gasteiger partial charge is 0.369 e. The highest BCUT2D eigenvalue weighted by Gasteiger charge is 2.25. The first-order valence-electron chi connectivity index (χ1n) is 6.81. The second-order valence-corrected chi connectivity index (χ2v) is 5.40. The summed E-state index contributed by atoms with van der Waals surface area (Å²) in [5.74, 6) is 0.270. The van der Waals surface area contributed by atoms with Crippen LogP contribution in [0, 0.1) is 11.8 Å². The number of carbonyl (C=O) groups is 2. The number of primary amides is 1. The number of nitrogens with two attached hydrogens (primary N) is 2. The second kappa shape index (κ2) is 7.36. The predicted octanol–water partition coefficient (Wildman–Crippen LogP) is 0.522. The van der Waals surface area contributed by atoms with Gasteiger partial charge in [0.1, 0.15) is 0 Å². The number of carbonyl (C=O) groups excluding carboxylic acids is 2. The fourth-order valence-corrected chi connectivity index (χ4v) is 2.32. The molecule has 1 rings (SSSR count). The topological polar surface area (TPSA) is 98.2 Å². The Balaban J connectivity index is 2.20. The maximum Gasteiger partial charge on any atom is 0.220 e. The van der Waals surface area contributed by atoms with Gasteiger partial charge in [0.25, 0.3) is 0 Å². The maximum atomic E-state index is 11.7. The third-order valence-corrected chi connectivity index (χ3v) is 3.76. The molecule has 0 aromatic carbocycles. The molecule has 1 aliphatic carbocycles. The van der Waals surface area contributed by atoms with Crippen molar-refractivity contribution in [2.45, 2.75) is 51.5 Å². The van der Waals surface area contributed by atoms with Crippen molar-refractivity contribution in [2.24, 2.45) is 23.3 Å². The molecule has 0 aromatic rings. The average molecular weight is 255 g/mol. The molecule has 1 aliphatic rings. The molecule has 1 fully saturated rings. The van der Waals surface area contributed by atoms with Crippen molar-refractivity contribution in [2.75, 3.05) is 6.54 Å². The second-order valence-electron chi connectivity index (χ2n) is 5.40. The van der Waals surface area contributed by atoms with Crippen LogP contribution in [-0.2, 0) is 9.59 Å². The van der Waals surface area contributed by atoms with Crippen molar-refractivity contribution in [3.05, 3.63) is 0 Å². The Hall–Kier alpha value is -1.10. The van der Waals surface area contributed by atoms with E-state index in [4.69, 9.17) is 11.5 Å². The van der Waals surface area contributed by atoms with E-state index in [-0.39, 0.29) is 23.8 Å². The van der Waals surface area contributed by atoms with Crippen molar-refractivity contribution in [3.63, 3.8) is 0 Å². The Labute approximate surface area is 109 Å². The van der Waals surface area contributed by atoms with Crippen molar-refractivity contribution in [3.8, 4) is 0 Å². The van der Waals surface area contributed by atoms with Crippen molar-refractivity contribution in [1.82, 2.24) is 5.32 Å². The van der Waals surface area contributed by atoms with E-state index in [1.54, 1.807) is 0 Å². The van der Waals surface area contributed by atoms with E-state index in [0.29, 0.717) is 18.9 Å². The summed E-state index contributed by atoms with van der Waals surface area (Å²) < 4.78 is 0. The molecule has 0 radical (unpaired) electrons. The minimum Gasteiger partial charge on any atom is -0.369 e. The zero-order valence-corrected chi connectivity index (χ0v) is 11.2. The lowest BCUT2D eigenvalue weighted by Crippen LogP contribution is -2.39. The van der Waals surface area contributed by atoms with E-state index in [9.17, 15) is 9.59 Å². The molecule has 0 saturated heterocycles. The van der Waals surface area contributed by atoms with E-state index < -0.39 is 0 Å². The van der Waals surface area contributed by atoms with Crippen LogP contribution >= 0.6 is 0 Å². The number of amides is 2. The summed E-state index contributed by atoms with van der Waals surface area (Å²) >= 11 is 0. The van der Waals surface area contributed by atoms with Gasteiger partial charge in [0.15, 0.2) is 0 Å². The Morgan fingerprint density at radius 2 is 1.89 bits per heavy atom. The normalized spacial score (nSPS) is 25.4. The van der Waals surface area contributed by atoms with Crippen LogP contribution in [0.25, 0.3) is 0 Å². The van der Waals surface area contributed by atoms with Gasteiger partial charge in [-0.05, 0) is 44.6 Å². The number of rotatable bonds is 6. The number of hydrogen-bond donors (Lipinski definition) is 3. The van der Waals surface area contributed by atoms with Crippen LogP contribution in [0.15, 0.2) is 0 Å². The smallest absolute Gasteiger partial charge is 0.220 e. The van der Waals surface area contributed by atoms with Gasteiger partial charge in [-0.15, -0.1) is 0 Å². The third kappa shape index (κ3) is 5.04. The molecule has 1 unspecified atom stereocenters.